The van der Waals surface area contributed by atoms with E-state index in [-0.39, 0.29) is 74.1 Å². The van der Waals surface area contributed by atoms with Gasteiger partial charge in [-0.3, -0.25) is 18.9 Å². The lowest BCUT2D eigenvalue weighted by atomic mass is 10.1. The number of aliphatic carboxylic acids is 2. The number of alkyl halides is 4. The molecule has 6 N–H and O–H groups in total. The maximum Gasteiger partial charge on any atom is 0.346 e. The molecule has 0 aromatic heterocycles. The smallest absolute Gasteiger partial charge is 0.346 e. The number of rotatable bonds is 25. The fourth-order valence-corrected chi connectivity index (χ4v) is 9.20. The zero-order valence-electron chi connectivity index (χ0n) is 25.7. The van der Waals surface area contributed by atoms with E-state index in [9.17, 15) is 37.3 Å². The van der Waals surface area contributed by atoms with Gasteiger partial charge in [0.05, 0.1) is 18.1 Å². The van der Waals surface area contributed by atoms with Gasteiger partial charge in [0.1, 0.15) is 12.1 Å². The quantitative estimate of drug-likeness (QED) is 0.0705. The molecule has 1 aromatic rings. The fourth-order valence-electron chi connectivity index (χ4n) is 4.12. The molecule has 0 spiro atoms. The largest absolute Gasteiger partial charge is 0.480 e. The highest BCUT2D eigenvalue weighted by Gasteiger charge is 2.39. The molecule has 0 fully saturated rings. The monoisotopic (exact) mass is 821 g/mol. The summed E-state index contributed by atoms with van der Waals surface area (Å²) in [6.07, 6.45) is -0.798. The number of carbonyl (C=O) groups excluding carboxylic acids is 2. The van der Waals surface area contributed by atoms with Crippen molar-refractivity contribution in [2.24, 2.45) is 5.73 Å². The van der Waals surface area contributed by atoms with E-state index < -0.39 is 83.9 Å². The van der Waals surface area contributed by atoms with Crippen LogP contribution >= 0.6 is 66.5 Å². The molecule has 0 heterocycles. The molecule has 0 saturated heterocycles. The van der Waals surface area contributed by atoms with Gasteiger partial charge < -0.3 is 31.1 Å². The van der Waals surface area contributed by atoms with Gasteiger partial charge in [0.2, 0.25) is 11.8 Å². The standard InChI is InChI=1S/C26H40Cl4N5O10PS.ClH/c27-8-12-34(13-9-28)46(42,35(14-10-29)15-11-30)45-16-17-47(43,44)18-21(32-22(36)7-6-20(31)25(38)39)24(37)33-23(26(40)41)19-4-2-1-3-5-19;/h1-5,20-21,23H,6-18,31H2,(H,32,36)(H,33,37)(H,38,39)(H,40,41);1H/t20-,21-,23+;/m0./s1. The number of carboxylic acid groups (broad SMARTS) is 2. The summed E-state index contributed by atoms with van der Waals surface area (Å²) in [6.45, 7) is -0.327. The maximum absolute atomic E-state index is 14.2. The van der Waals surface area contributed by atoms with Crippen molar-refractivity contribution in [3.05, 3.63) is 35.9 Å². The molecule has 0 aliphatic carbocycles. The number of nitrogens with two attached hydrogens (primary N) is 1. The zero-order valence-corrected chi connectivity index (χ0v) is 31.3. The summed E-state index contributed by atoms with van der Waals surface area (Å²) < 4.78 is 49.2. The third-order valence-electron chi connectivity index (χ3n) is 6.48. The Balaban J connectivity index is 0.0000221. The van der Waals surface area contributed by atoms with Gasteiger partial charge >= 0.3 is 19.6 Å². The highest BCUT2D eigenvalue weighted by Crippen LogP contribution is 2.54. The second-order valence-electron chi connectivity index (χ2n) is 9.90. The summed E-state index contributed by atoms with van der Waals surface area (Å²) in [5.74, 6) is -6.46. The van der Waals surface area contributed by atoms with Gasteiger partial charge in [0.15, 0.2) is 15.9 Å². The molecular formula is C26H41Cl5N5O10PS. The Morgan fingerprint density at radius 1 is 0.875 bits per heavy atom. The molecule has 22 heteroatoms. The molecule has 1 aromatic carbocycles. The molecule has 48 heavy (non-hydrogen) atoms. The summed E-state index contributed by atoms with van der Waals surface area (Å²) in [6, 6.07) is 2.77. The minimum atomic E-state index is -4.29. The number of sulfone groups is 1. The number of benzene rings is 1. The van der Waals surface area contributed by atoms with Crippen LogP contribution in [-0.2, 0) is 38.1 Å². The van der Waals surface area contributed by atoms with Crippen LogP contribution in [0.4, 0.5) is 0 Å². The predicted molar refractivity (Wildman–Crippen MR) is 187 cm³/mol. The average Bonchev–Trinajstić information content (AvgIpc) is 3.01. The molecule has 0 aliphatic heterocycles. The number of nitrogens with zero attached hydrogens (tertiary/aromatic N) is 2. The average molecular weight is 824 g/mol. The van der Waals surface area contributed by atoms with Crippen LogP contribution in [-0.4, -0.2) is 132 Å². The first-order chi connectivity index (χ1) is 22.1. The van der Waals surface area contributed by atoms with E-state index in [1.54, 1.807) is 6.07 Å². The van der Waals surface area contributed by atoms with Crippen LogP contribution in [0.3, 0.4) is 0 Å². The van der Waals surface area contributed by atoms with E-state index in [1.165, 1.54) is 33.6 Å². The highest BCUT2D eigenvalue weighted by atomic mass is 35.5. The SMILES string of the molecule is Cl.N[C@@H](CCC(=O)N[C@@H](CS(=O)(=O)CCOP(=O)(N(CCCl)CCCl)N(CCCl)CCCl)C(=O)N[C@@H](C(=O)O)c1ccccc1)C(=O)O. The Labute approximate surface area is 306 Å². The minimum absolute atomic E-state index is 0. The molecule has 3 atom stereocenters. The van der Waals surface area contributed by atoms with Crippen molar-refractivity contribution in [1.82, 2.24) is 20.0 Å². The van der Waals surface area contributed by atoms with Crippen molar-refractivity contribution in [2.45, 2.75) is 31.0 Å². The maximum atomic E-state index is 14.2. The van der Waals surface area contributed by atoms with Crippen LogP contribution < -0.4 is 16.4 Å². The topological polar surface area (TPSA) is 226 Å². The Hall–Kier alpha value is -1.43. The van der Waals surface area contributed by atoms with Crippen LogP contribution in [0.5, 0.6) is 0 Å². The fraction of sp³-hybridized carbons (Fsp3) is 0.615. The third kappa shape index (κ3) is 16.1. The predicted octanol–water partition coefficient (Wildman–Crippen LogP) is 2.13. The lowest BCUT2D eigenvalue weighted by Crippen LogP contribution is -2.52. The van der Waals surface area contributed by atoms with Crippen LogP contribution in [0.2, 0.25) is 0 Å². The Bertz CT molecular complexity index is 1290. The second-order valence-corrected chi connectivity index (χ2v) is 16.0. The number of hydrogen-bond acceptors (Lipinski definition) is 9. The number of nitrogens with one attached hydrogen (secondary N) is 2. The van der Waals surface area contributed by atoms with Crippen LogP contribution in [0.15, 0.2) is 30.3 Å². The van der Waals surface area contributed by atoms with Gasteiger partial charge in [-0.2, -0.15) is 0 Å². The van der Waals surface area contributed by atoms with Gasteiger partial charge in [0.25, 0.3) is 0 Å². The summed E-state index contributed by atoms with van der Waals surface area (Å²) in [4.78, 5) is 48.9. The highest BCUT2D eigenvalue weighted by molar-refractivity contribution is 7.91. The molecule has 0 radical (unpaired) electrons. The van der Waals surface area contributed by atoms with Gasteiger partial charge in [-0.05, 0) is 12.0 Å². The Morgan fingerprint density at radius 2 is 1.38 bits per heavy atom. The van der Waals surface area contributed by atoms with Gasteiger partial charge in [-0.1, -0.05) is 30.3 Å². The molecule has 2 amide bonds. The number of hydrogen-bond donors (Lipinski definition) is 5. The molecule has 15 nitrogen and oxygen atoms in total. The van der Waals surface area contributed by atoms with Crippen molar-refractivity contribution in [1.29, 1.82) is 0 Å². The third-order valence-corrected chi connectivity index (χ3v) is 11.5. The number of carboxylic acids is 2. The first kappa shape index (κ1) is 46.6. The summed E-state index contributed by atoms with van der Waals surface area (Å²) in [5.41, 5.74) is 5.61. The number of halogens is 5. The van der Waals surface area contributed by atoms with E-state index >= 15 is 0 Å². The van der Waals surface area contributed by atoms with E-state index in [0.717, 1.165) is 0 Å². The summed E-state index contributed by atoms with van der Waals surface area (Å²) in [5, 5.41) is 23.2. The molecule has 0 aliphatic rings. The normalized spacial score (nSPS) is 13.7. The molecule has 0 unspecified atom stereocenters. The van der Waals surface area contributed by atoms with Gasteiger partial charge in [-0.25, -0.2) is 22.6 Å². The summed E-state index contributed by atoms with van der Waals surface area (Å²) in [7, 11) is -8.26. The van der Waals surface area contributed by atoms with E-state index in [1.807, 2.05) is 0 Å². The van der Waals surface area contributed by atoms with Crippen LogP contribution in [0.25, 0.3) is 0 Å². The molecule has 0 saturated carbocycles. The van der Waals surface area contributed by atoms with E-state index in [0.29, 0.717) is 0 Å². The van der Waals surface area contributed by atoms with Crippen molar-refractivity contribution in [3.63, 3.8) is 0 Å². The minimum Gasteiger partial charge on any atom is -0.480 e. The lowest BCUT2D eigenvalue weighted by molar-refractivity contribution is -0.142. The zero-order chi connectivity index (χ0) is 35.6. The first-order valence-corrected chi connectivity index (χ1v) is 19.7. The second kappa shape index (κ2) is 23.9. The van der Waals surface area contributed by atoms with Crippen molar-refractivity contribution in [3.8, 4) is 0 Å². The van der Waals surface area contributed by atoms with Crippen molar-refractivity contribution < 1.29 is 46.9 Å². The Kier molecular flexibility index (Phi) is 23.2. The number of amides is 2. The van der Waals surface area contributed by atoms with Gasteiger partial charge in [-0.15, -0.1) is 58.8 Å². The lowest BCUT2D eigenvalue weighted by Gasteiger charge is -2.37. The summed E-state index contributed by atoms with van der Waals surface area (Å²) >= 11 is 23.6. The van der Waals surface area contributed by atoms with E-state index in [2.05, 4.69) is 10.6 Å². The molecule has 0 bridgehead atoms. The first-order valence-electron chi connectivity index (χ1n) is 14.2. The van der Waals surface area contributed by atoms with Crippen LogP contribution in [0, 0.1) is 0 Å². The van der Waals surface area contributed by atoms with Crippen molar-refractivity contribution in [2.75, 3.05) is 67.8 Å². The van der Waals surface area contributed by atoms with E-state index in [4.69, 9.17) is 61.8 Å². The molecular weight excluding hydrogens is 783 g/mol. The Morgan fingerprint density at radius 3 is 1.81 bits per heavy atom. The van der Waals surface area contributed by atoms with Crippen LogP contribution in [0.1, 0.15) is 24.4 Å². The van der Waals surface area contributed by atoms with Crippen molar-refractivity contribution >= 4 is 100 Å². The molecule has 276 valence electrons. The molecule has 1 rings (SSSR count). The number of carbonyl (C=O) groups is 4. The van der Waals surface area contributed by atoms with Gasteiger partial charge in [0, 0.05) is 56.1 Å².